The second-order valence-corrected chi connectivity index (χ2v) is 5.81. The van der Waals surface area contributed by atoms with Crippen LogP contribution in [0.25, 0.3) is 0 Å². The lowest BCUT2D eigenvalue weighted by Crippen LogP contribution is -2.55. The third-order valence-corrected chi connectivity index (χ3v) is 4.33. The van der Waals surface area contributed by atoms with Crippen molar-refractivity contribution in [3.63, 3.8) is 0 Å². The van der Waals surface area contributed by atoms with E-state index in [1.165, 1.54) is 4.90 Å². The predicted octanol–water partition coefficient (Wildman–Crippen LogP) is 0.522. The fourth-order valence-corrected chi connectivity index (χ4v) is 3.11. The molecule has 114 valence electrons. The maximum Gasteiger partial charge on any atom is 0.325 e. The molecule has 2 aliphatic heterocycles. The van der Waals surface area contributed by atoms with Crippen LogP contribution in [0.2, 0.25) is 0 Å². The molecular weight excluding hydrogens is 256 g/mol. The van der Waals surface area contributed by atoms with E-state index in [1.54, 1.807) is 0 Å². The lowest BCUT2D eigenvalue weighted by atomic mass is 9.87. The first-order valence-corrected chi connectivity index (χ1v) is 7.69. The number of hydrogen-bond donors (Lipinski definition) is 2. The van der Waals surface area contributed by atoms with Crippen molar-refractivity contribution in [1.29, 1.82) is 0 Å². The number of urea groups is 1. The van der Waals surface area contributed by atoms with Gasteiger partial charge in [-0.05, 0) is 45.2 Å². The average molecular weight is 282 g/mol. The highest BCUT2D eigenvalue weighted by Gasteiger charge is 2.51. The summed E-state index contributed by atoms with van der Waals surface area (Å²) in [6.45, 7) is 6.08. The molecule has 2 fully saturated rings. The fraction of sp³-hybridized carbons (Fsp3) is 0.857. The van der Waals surface area contributed by atoms with Crippen molar-refractivity contribution in [2.75, 3.05) is 32.7 Å². The highest BCUT2D eigenvalue weighted by Crippen LogP contribution is 2.29. The minimum Gasteiger partial charge on any atom is -0.330 e. The van der Waals surface area contributed by atoms with Crippen LogP contribution in [-0.4, -0.2) is 60.0 Å². The first kappa shape index (κ1) is 15.3. The number of likely N-dealkylation sites (tertiary alicyclic amines) is 1. The Kier molecular flexibility index (Phi) is 4.99. The molecule has 3 amide bonds. The zero-order valence-electron chi connectivity index (χ0n) is 12.4. The van der Waals surface area contributed by atoms with Gasteiger partial charge in [0.25, 0.3) is 5.91 Å². The van der Waals surface area contributed by atoms with E-state index < -0.39 is 5.54 Å². The summed E-state index contributed by atoms with van der Waals surface area (Å²) in [6.07, 6.45) is 4.20. The van der Waals surface area contributed by atoms with Gasteiger partial charge in [-0.3, -0.25) is 9.69 Å². The second kappa shape index (κ2) is 6.54. The van der Waals surface area contributed by atoms with Gasteiger partial charge in [0, 0.05) is 19.6 Å². The number of amides is 3. The Morgan fingerprint density at radius 2 is 1.90 bits per heavy atom. The molecule has 3 N–H and O–H groups in total. The molecule has 2 heterocycles. The molecule has 2 rings (SSSR count). The SMILES string of the molecule is CCCN1CCC2(CC1)NC(=O)N(CCCCN)C2=O. The Hall–Kier alpha value is -1.14. The van der Waals surface area contributed by atoms with Crippen LogP contribution >= 0.6 is 0 Å². The zero-order chi connectivity index (χ0) is 14.6. The first-order valence-electron chi connectivity index (χ1n) is 7.69. The van der Waals surface area contributed by atoms with Crippen LogP contribution in [0, 0.1) is 0 Å². The van der Waals surface area contributed by atoms with Crippen molar-refractivity contribution in [3.8, 4) is 0 Å². The van der Waals surface area contributed by atoms with Crippen LogP contribution in [0.4, 0.5) is 4.79 Å². The molecule has 0 atom stereocenters. The fourth-order valence-electron chi connectivity index (χ4n) is 3.11. The third kappa shape index (κ3) is 2.96. The van der Waals surface area contributed by atoms with Crippen molar-refractivity contribution in [1.82, 2.24) is 15.1 Å². The predicted molar refractivity (Wildman–Crippen MR) is 77.2 cm³/mol. The van der Waals surface area contributed by atoms with Crippen molar-refractivity contribution >= 4 is 11.9 Å². The molecule has 0 saturated carbocycles. The maximum absolute atomic E-state index is 12.5. The highest BCUT2D eigenvalue weighted by molar-refractivity contribution is 6.07. The summed E-state index contributed by atoms with van der Waals surface area (Å²) in [6, 6.07) is -0.226. The van der Waals surface area contributed by atoms with E-state index in [4.69, 9.17) is 5.73 Å². The van der Waals surface area contributed by atoms with Crippen LogP contribution in [0.15, 0.2) is 0 Å². The van der Waals surface area contributed by atoms with Crippen LogP contribution in [0.1, 0.15) is 39.0 Å². The molecule has 20 heavy (non-hydrogen) atoms. The van der Waals surface area contributed by atoms with Crippen molar-refractivity contribution in [2.24, 2.45) is 5.73 Å². The van der Waals surface area contributed by atoms with E-state index in [2.05, 4.69) is 17.1 Å². The summed E-state index contributed by atoms with van der Waals surface area (Å²) in [4.78, 5) is 28.3. The zero-order valence-corrected chi connectivity index (χ0v) is 12.4. The number of unbranched alkanes of at least 4 members (excludes halogenated alkanes) is 1. The minimum absolute atomic E-state index is 0.0318. The number of piperidine rings is 1. The highest BCUT2D eigenvalue weighted by atomic mass is 16.2. The smallest absolute Gasteiger partial charge is 0.325 e. The number of carbonyl (C=O) groups excluding carboxylic acids is 2. The molecule has 6 nitrogen and oxygen atoms in total. The van der Waals surface area contributed by atoms with Gasteiger partial charge >= 0.3 is 6.03 Å². The molecule has 0 aromatic rings. The summed E-state index contributed by atoms with van der Waals surface area (Å²) in [5.74, 6) is -0.0318. The summed E-state index contributed by atoms with van der Waals surface area (Å²) in [5, 5.41) is 2.94. The number of nitrogens with zero attached hydrogens (tertiary/aromatic N) is 2. The summed E-state index contributed by atoms with van der Waals surface area (Å²) >= 11 is 0. The number of imide groups is 1. The quantitative estimate of drug-likeness (QED) is 0.550. The molecule has 1 spiro atoms. The lowest BCUT2D eigenvalue weighted by Gasteiger charge is -2.37. The van der Waals surface area contributed by atoms with Gasteiger partial charge in [-0.15, -0.1) is 0 Å². The number of nitrogens with one attached hydrogen (secondary N) is 1. The molecule has 0 aliphatic carbocycles. The molecule has 6 heteroatoms. The molecule has 0 radical (unpaired) electrons. The largest absolute Gasteiger partial charge is 0.330 e. The van der Waals surface area contributed by atoms with Gasteiger partial charge in [0.2, 0.25) is 0 Å². The number of nitrogens with two attached hydrogens (primary N) is 1. The Labute approximate surface area is 120 Å². The molecule has 0 aromatic heterocycles. The van der Waals surface area contributed by atoms with Crippen LogP contribution in [0.5, 0.6) is 0 Å². The van der Waals surface area contributed by atoms with Gasteiger partial charge in [-0.1, -0.05) is 6.92 Å². The Balaban J connectivity index is 1.94. The van der Waals surface area contributed by atoms with Crippen molar-refractivity contribution in [2.45, 2.75) is 44.6 Å². The van der Waals surface area contributed by atoms with E-state index in [0.717, 1.165) is 51.7 Å². The Bertz CT molecular complexity index is 364. The lowest BCUT2D eigenvalue weighted by molar-refractivity contribution is -0.133. The van der Waals surface area contributed by atoms with Gasteiger partial charge in [-0.25, -0.2) is 4.79 Å². The van der Waals surface area contributed by atoms with Gasteiger partial charge in [0.05, 0.1) is 0 Å². The Morgan fingerprint density at radius 3 is 2.50 bits per heavy atom. The second-order valence-electron chi connectivity index (χ2n) is 5.81. The topological polar surface area (TPSA) is 78.7 Å². The Morgan fingerprint density at radius 1 is 1.20 bits per heavy atom. The summed E-state index contributed by atoms with van der Waals surface area (Å²) in [7, 11) is 0. The van der Waals surface area contributed by atoms with E-state index in [9.17, 15) is 9.59 Å². The van der Waals surface area contributed by atoms with Crippen molar-refractivity contribution < 1.29 is 9.59 Å². The van der Waals surface area contributed by atoms with E-state index in [0.29, 0.717) is 13.1 Å². The van der Waals surface area contributed by atoms with E-state index in [1.807, 2.05) is 0 Å². The molecule has 0 aromatic carbocycles. The number of rotatable bonds is 6. The summed E-state index contributed by atoms with van der Waals surface area (Å²) < 4.78 is 0. The molecule has 2 aliphatic rings. The standard InChI is InChI=1S/C14H26N4O2/c1-2-8-17-10-5-14(6-11-17)12(19)18(13(20)16-14)9-4-3-7-15/h2-11,15H2,1H3,(H,16,20). The minimum atomic E-state index is -0.635. The van der Waals surface area contributed by atoms with E-state index in [-0.39, 0.29) is 11.9 Å². The van der Waals surface area contributed by atoms with Crippen LogP contribution < -0.4 is 11.1 Å². The van der Waals surface area contributed by atoms with Crippen LogP contribution in [-0.2, 0) is 4.79 Å². The molecule has 0 bridgehead atoms. The van der Waals surface area contributed by atoms with Gasteiger partial charge in [0.15, 0.2) is 0 Å². The normalized spacial score (nSPS) is 22.6. The monoisotopic (exact) mass is 282 g/mol. The first-order chi connectivity index (χ1) is 9.63. The number of carbonyl (C=O) groups is 2. The van der Waals surface area contributed by atoms with Gasteiger partial charge in [-0.2, -0.15) is 0 Å². The number of hydrogen-bond acceptors (Lipinski definition) is 4. The van der Waals surface area contributed by atoms with Gasteiger partial charge < -0.3 is 16.0 Å². The summed E-state index contributed by atoms with van der Waals surface area (Å²) in [5.41, 5.74) is 4.82. The average Bonchev–Trinajstić information content (AvgIpc) is 2.66. The molecular formula is C14H26N4O2. The van der Waals surface area contributed by atoms with Crippen LogP contribution in [0.3, 0.4) is 0 Å². The van der Waals surface area contributed by atoms with Crippen molar-refractivity contribution in [3.05, 3.63) is 0 Å². The maximum atomic E-state index is 12.5. The molecule has 0 unspecified atom stereocenters. The molecule has 2 saturated heterocycles. The van der Waals surface area contributed by atoms with E-state index >= 15 is 0 Å². The van der Waals surface area contributed by atoms with Gasteiger partial charge in [0.1, 0.15) is 5.54 Å². The third-order valence-electron chi connectivity index (χ3n) is 4.33.